The molecule has 1 saturated heterocycles. The molecule has 0 unspecified atom stereocenters. The first-order valence-corrected chi connectivity index (χ1v) is 6.23. The van der Waals surface area contributed by atoms with Crippen molar-refractivity contribution in [1.82, 2.24) is 4.90 Å². The number of ether oxygens (including phenoxy) is 2. The Kier molecular flexibility index (Phi) is 2.86. The van der Waals surface area contributed by atoms with Gasteiger partial charge in [0.25, 0.3) is 0 Å². The van der Waals surface area contributed by atoms with Gasteiger partial charge in [-0.15, -0.1) is 8.78 Å². The van der Waals surface area contributed by atoms with Gasteiger partial charge >= 0.3 is 6.29 Å². The van der Waals surface area contributed by atoms with Gasteiger partial charge in [0.15, 0.2) is 11.5 Å². The minimum atomic E-state index is -3.52. The van der Waals surface area contributed by atoms with Gasteiger partial charge in [0.1, 0.15) is 0 Å². The summed E-state index contributed by atoms with van der Waals surface area (Å²) in [5.74, 6) is 0.254. The minimum absolute atomic E-state index is 0.116. The van der Waals surface area contributed by atoms with Gasteiger partial charge in [0.2, 0.25) is 0 Å². The van der Waals surface area contributed by atoms with E-state index in [4.69, 9.17) is 0 Å². The largest absolute Gasteiger partial charge is 0.586 e. The summed E-state index contributed by atoms with van der Waals surface area (Å²) in [7, 11) is 0. The van der Waals surface area contributed by atoms with Crippen molar-refractivity contribution < 1.29 is 18.3 Å². The van der Waals surface area contributed by atoms with Crippen LogP contribution < -0.4 is 9.47 Å². The molecular formula is C13H15F2NO2. The first-order valence-electron chi connectivity index (χ1n) is 6.23. The van der Waals surface area contributed by atoms with E-state index in [0.717, 1.165) is 31.6 Å². The third-order valence-electron chi connectivity index (χ3n) is 3.38. The van der Waals surface area contributed by atoms with Crippen molar-refractivity contribution in [2.24, 2.45) is 0 Å². The standard InChI is InChI=1S/C13H15F2NO2/c14-13(15)17-11-4-3-10(9-12(11)18-13)5-8-16-6-1-2-7-16/h3-4,9H,1-2,5-8H2. The van der Waals surface area contributed by atoms with E-state index in [1.54, 1.807) is 12.1 Å². The van der Waals surface area contributed by atoms with Crippen molar-refractivity contribution in [2.45, 2.75) is 25.6 Å². The Morgan fingerprint density at radius 1 is 1.11 bits per heavy atom. The molecule has 0 saturated carbocycles. The molecule has 0 aliphatic carbocycles. The van der Waals surface area contributed by atoms with E-state index in [9.17, 15) is 8.78 Å². The zero-order chi connectivity index (χ0) is 12.6. The molecule has 0 bridgehead atoms. The van der Waals surface area contributed by atoms with Crippen LogP contribution in [-0.2, 0) is 6.42 Å². The molecule has 3 nitrogen and oxygen atoms in total. The monoisotopic (exact) mass is 255 g/mol. The summed E-state index contributed by atoms with van der Waals surface area (Å²) >= 11 is 0. The van der Waals surface area contributed by atoms with Crippen LogP contribution in [0, 0.1) is 0 Å². The maximum atomic E-state index is 12.8. The van der Waals surface area contributed by atoms with Crippen LogP contribution in [0.3, 0.4) is 0 Å². The number of hydrogen-bond acceptors (Lipinski definition) is 3. The molecule has 1 aromatic rings. The van der Waals surface area contributed by atoms with Crippen LogP contribution in [0.25, 0.3) is 0 Å². The van der Waals surface area contributed by atoms with Gasteiger partial charge in [-0.2, -0.15) is 0 Å². The second kappa shape index (κ2) is 4.39. The predicted molar refractivity (Wildman–Crippen MR) is 62.0 cm³/mol. The van der Waals surface area contributed by atoms with E-state index in [0.29, 0.717) is 0 Å². The molecule has 2 aliphatic rings. The lowest BCUT2D eigenvalue weighted by Crippen LogP contribution is -2.25. The van der Waals surface area contributed by atoms with Crippen LogP contribution >= 0.6 is 0 Å². The van der Waals surface area contributed by atoms with Crippen LogP contribution in [-0.4, -0.2) is 30.8 Å². The molecule has 18 heavy (non-hydrogen) atoms. The van der Waals surface area contributed by atoms with Crippen LogP contribution in [0.4, 0.5) is 8.78 Å². The molecule has 3 rings (SSSR count). The highest BCUT2D eigenvalue weighted by Gasteiger charge is 2.43. The zero-order valence-corrected chi connectivity index (χ0v) is 9.99. The summed E-state index contributed by atoms with van der Waals surface area (Å²) in [6.45, 7) is 3.25. The zero-order valence-electron chi connectivity index (χ0n) is 9.99. The fraction of sp³-hybridized carbons (Fsp3) is 0.538. The Hall–Kier alpha value is -1.36. The molecule has 2 heterocycles. The molecule has 1 aromatic carbocycles. The third kappa shape index (κ3) is 2.41. The number of alkyl halides is 2. The van der Waals surface area contributed by atoms with E-state index in [1.165, 1.54) is 12.8 Å². The SMILES string of the molecule is FC1(F)Oc2ccc(CCN3CCCC3)cc2O1. The summed E-state index contributed by atoms with van der Waals surface area (Å²) in [6, 6.07) is 5.02. The van der Waals surface area contributed by atoms with Gasteiger partial charge in [0.05, 0.1) is 0 Å². The maximum absolute atomic E-state index is 12.8. The minimum Gasteiger partial charge on any atom is -0.395 e. The molecule has 5 heteroatoms. The Morgan fingerprint density at radius 3 is 2.61 bits per heavy atom. The van der Waals surface area contributed by atoms with Crippen molar-refractivity contribution in [1.29, 1.82) is 0 Å². The van der Waals surface area contributed by atoms with E-state index < -0.39 is 6.29 Å². The average Bonchev–Trinajstić information content (AvgIpc) is 2.90. The Balaban J connectivity index is 1.64. The maximum Gasteiger partial charge on any atom is 0.586 e. The molecular weight excluding hydrogens is 240 g/mol. The number of hydrogen-bond donors (Lipinski definition) is 0. The average molecular weight is 255 g/mol. The smallest absolute Gasteiger partial charge is 0.395 e. The first-order chi connectivity index (χ1) is 8.62. The van der Waals surface area contributed by atoms with Gasteiger partial charge in [-0.05, 0) is 50.0 Å². The lowest BCUT2D eigenvalue weighted by Gasteiger charge is -2.14. The van der Waals surface area contributed by atoms with Crippen LogP contribution in [0.1, 0.15) is 18.4 Å². The Labute approximate surface area is 104 Å². The molecule has 0 atom stereocenters. The van der Waals surface area contributed by atoms with Crippen LogP contribution in [0.5, 0.6) is 11.5 Å². The molecule has 0 spiro atoms. The molecule has 0 radical (unpaired) electrons. The number of rotatable bonds is 3. The summed E-state index contributed by atoms with van der Waals surface area (Å²) in [4.78, 5) is 2.39. The summed E-state index contributed by atoms with van der Waals surface area (Å²) in [5, 5.41) is 0. The van der Waals surface area contributed by atoms with Gasteiger partial charge < -0.3 is 14.4 Å². The Morgan fingerprint density at radius 2 is 1.83 bits per heavy atom. The second-order valence-electron chi connectivity index (χ2n) is 4.75. The van der Waals surface area contributed by atoms with Crippen LogP contribution in [0.2, 0.25) is 0 Å². The van der Waals surface area contributed by atoms with Crippen molar-refractivity contribution in [3.63, 3.8) is 0 Å². The van der Waals surface area contributed by atoms with E-state index in [2.05, 4.69) is 14.4 Å². The first kappa shape index (κ1) is 11.7. The molecule has 0 amide bonds. The molecule has 0 aromatic heterocycles. The van der Waals surface area contributed by atoms with Crippen molar-refractivity contribution in [2.75, 3.05) is 19.6 Å². The van der Waals surface area contributed by atoms with E-state index in [-0.39, 0.29) is 11.5 Å². The summed E-state index contributed by atoms with van der Waals surface area (Å²) < 4.78 is 34.5. The van der Waals surface area contributed by atoms with E-state index >= 15 is 0 Å². The quantitative estimate of drug-likeness (QED) is 0.828. The highest BCUT2D eigenvalue weighted by molar-refractivity contribution is 5.45. The predicted octanol–water partition coefficient (Wildman–Crippen LogP) is 2.65. The second-order valence-corrected chi connectivity index (χ2v) is 4.75. The molecule has 98 valence electrons. The third-order valence-corrected chi connectivity index (χ3v) is 3.38. The number of nitrogens with zero attached hydrogens (tertiary/aromatic N) is 1. The van der Waals surface area contributed by atoms with Gasteiger partial charge in [-0.1, -0.05) is 6.07 Å². The highest BCUT2D eigenvalue weighted by atomic mass is 19.3. The van der Waals surface area contributed by atoms with Gasteiger partial charge in [0, 0.05) is 6.54 Å². The highest BCUT2D eigenvalue weighted by Crippen LogP contribution is 2.41. The summed E-state index contributed by atoms with van der Waals surface area (Å²) in [6.07, 6.45) is -0.154. The number of likely N-dealkylation sites (tertiary alicyclic amines) is 1. The lowest BCUT2D eigenvalue weighted by atomic mass is 10.1. The number of halogens is 2. The molecule has 1 fully saturated rings. The molecule has 2 aliphatic heterocycles. The number of fused-ring (bicyclic) bond motifs is 1. The van der Waals surface area contributed by atoms with E-state index in [1.807, 2.05) is 6.07 Å². The normalized spacial score (nSPS) is 21.4. The fourth-order valence-electron chi connectivity index (χ4n) is 2.44. The van der Waals surface area contributed by atoms with Crippen LogP contribution in [0.15, 0.2) is 18.2 Å². The molecule has 0 N–H and O–H groups in total. The van der Waals surface area contributed by atoms with Gasteiger partial charge in [-0.25, -0.2) is 0 Å². The number of benzene rings is 1. The topological polar surface area (TPSA) is 21.7 Å². The summed E-state index contributed by atoms with van der Waals surface area (Å²) in [5.41, 5.74) is 1.00. The fourth-order valence-corrected chi connectivity index (χ4v) is 2.44. The van der Waals surface area contributed by atoms with Crippen molar-refractivity contribution >= 4 is 0 Å². The Bertz CT molecular complexity index is 445. The van der Waals surface area contributed by atoms with Crippen molar-refractivity contribution in [3.8, 4) is 11.5 Å². The van der Waals surface area contributed by atoms with Gasteiger partial charge in [-0.3, -0.25) is 0 Å². The lowest BCUT2D eigenvalue weighted by molar-refractivity contribution is -0.286. The van der Waals surface area contributed by atoms with Crippen molar-refractivity contribution in [3.05, 3.63) is 23.8 Å².